The minimum absolute atomic E-state index is 0.202. The van der Waals surface area contributed by atoms with E-state index < -0.39 is 0 Å². The summed E-state index contributed by atoms with van der Waals surface area (Å²) in [7, 11) is 2.12. The van der Waals surface area contributed by atoms with E-state index in [4.69, 9.17) is 16.1 Å². The first-order valence-electron chi connectivity index (χ1n) is 9.02. The zero-order valence-electron chi connectivity index (χ0n) is 15.4. The molecule has 7 nitrogen and oxygen atoms in total. The number of nitrogens with one attached hydrogen (secondary N) is 1. The van der Waals surface area contributed by atoms with Crippen molar-refractivity contribution in [3.05, 3.63) is 59.4 Å². The van der Waals surface area contributed by atoms with Gasteiger partial charge < -0.3 is 19.6 Å². The third kappa shape index (κ3) is 4.16. The zero-order valence-corrected chi connectivity index (χ0v) is 16.2. The maximum Gasteiger partial charge on any atom is 0.277 e. The first-order valence-corrected chi connectivity index (χ1v) is 9.40. The third-order valence-corrected chi connectivity index (χ3v) is 4.96. The summed E-state index contributed by atoms with van der Waals surface area (Å²) in [5.74, 6) is 1.07. The van der Waals surface area contributed by atoms with Crippen molar-refractivity contribution in [2.24, 2.45) is 0 Å². The molecule has 0 saturated carbocycles. The lowest BCUT2D eigenvalue weighted by atomic mass is 10.1. The van der Waals surface area contributed by atoms with E-state index in [0.717, 1.165) is 37.6 Å². The summed E-state index contributed by atoms with van der Waals surface area (Å²) < 4.78 is 5.28. The predicted octanol–water partition coefficient (Wildman–Crippen LogP) is 3.39. The van der Waals surface area contributed by atoms with Crippen LogP contribution in [0.4, 0.5) is 11.5 Å². The predicted molar refractivity (Wildman–Crippen MR) is 109 cm³/mol. The summed E-state index contributed by atoms with van der Waals surface area (Å²) in [6, 6.07) is 12.5. The highest BCUT2D eigenvalue weighted by molar-refractivity contribution is 6.30. The number of rotatable bonds is 4. The fraction of sp³-hybridized carbons (Fsp3) is 0.250. The van der Waals surface area contributed by atoms with Crippen molar-refractivity contribution in [1.29, 1.82) is 0 Å². The Morgan fingerprint density at radius 2 is 1.86 bits per heavy atom. The monoisotopic (exact) mass is 397 g/mol. The van der Waals surface area contributed by atoms with E-state index in [-0.39, 0.29) is 11.6 Å². The van der Waals surface area contributed by atoms with Crippen LogP contribution in [0.3, 0.4) is 0 Å². The van der Waals surface area contributed by atoms with Gasteiger partial charge in [-0.1, -0.05) is 16.8 Å². The number of halogens is 1. The summed E-state index contributed by atoms with van der Waals surface area (Å²) in [6.45, 7) is 3.92. The molecule has 1 aliphatic heterocycles. The molecule has 144 valence electrons. The van der Waals surface area contributed by atoms with Crippen LogP contribution in [0.5, 0.6) is 0 Å². The van der Waals surface area contributed by atoms with Gasteiger partial charge in [0.25, 0.3) is 5.91 Å². The molecule has 0 bridgehead atoms. The van der Waals surface area contributed by atoms with E-state index >= 15 is 0 Å². The van der Waals surface area contributed by atoms with Crippen LogP contribution in [0, 0.1) is 0 Å². The number of amides is 1. The van der Waals surface area contributed by atoms with Gasteiger partial charge >= 0.3 is 0 Å². The van der Waals surface area contributed by atoms with Crippen LogP contribution in [0.1, 0.15) is 10.5 Å². The average molecular weight is 398 g/mol. The molecule has 0 atom stereocenters. The minimum atomic E-state index is -0.349. The Hall–Kier alpha value is -2.90. The first-order chi connectivity index (χ1) is 13.6. The van der Waals surface area contributed by atoms with Crippen LogP contribution in [-0.4, -0.2) is 54.2 Å². The van der Waals surface area contributed by atoms with Gasteiger partial charge in [-0.15, -0.1) is 0 Å². The lowest BCUT2D eigenvalue weighted by molar-refractivity contribution is 0.101. The topological polar surface area (TPSA) is 74.5 Å². The number of likely N-dealkylation sites (N-methyl/N-ethyl adjacent to an activating group) is 1. The van der Waals surface area contributed by atoms with E-state index in [1.807, 2.05) is 24.3 Å². The van der Waals surface area contributed by atoms with Crippen LogP contribution in [0.25, 0.3) is 11.3 Å². The quantitative estimate of drug-likeness (QED) is 0.727. The van der Waals surface area contributed by atoms with Crippen molar-refractivity contribution >= 4 is 29.0 Å². The van der Waals surface area contributed by atoms with Crippen LogP contribution in [0.15, 0.2) is 53.2 Å². The van der Waals surface area contributed by atoms with Gasteiger partial charge in [0.15, 0.2) is 11.5 Å². The van der Waals surface area contributed by atoms with Crippen LogP contribution in [-0.2, 0) is 0 Å². The fourth-order valence-electron chi connectivity index (χ4n) is 3.01. The van der Waals surface area contributed by atoms with E-state index in [0.29, 0.717) is 16.5 Å². The van der Waals surface area contributed by atoms with Crippen molar-refractivity contribution in [3.63, 3.8) is 0 Å². The second-order valence-electron chi connectivity index (χ2n) is 6.73. The molecule has 0 aliphatic carbocycles. The molecule has 1 N–H and O–H groups in total. The number of nitrogens with zero attached hydrogens (tertiary/aromatic N) is 4. The van der Waals surface area contributed by atoms with Crippen molar-refractivity contribution in [3.8, 4) is 11.3 Å². The molecule has 0 unspecified atom stereocenters. The molecular weight excluding hydrogens is 378 g/mol. The Bertz CT molecular complexity index is 947. The van der Waals surface area contributed by atoms with Gasteiger partial charge in [0.2, 0.25) is 0 Å². The molecular formula is C20H20ClN5O2. The van der Waals surface area contributed by atoms with Crippen LogP contribution < -0.4 is 10.2 Å². The van der Waals surface area contributed by atoms with Crippen LogP contribution in [0.2, 0.25) is 5.02 Å². The second kappa shape index (κ2) is 8.00. The molecule has 3 aromatic rings. The molecule has 0 spiro atoms. The van der Waals surface area contributed by atoms with E-state index in [1.165, 1.54) is 0 Å². The van der Waals surface area contributed by atoms with Gasteiger partial charge in [-0.2, -0.15) is 0 Å². The Morgan fingerprint density at radius 1 is 1.11 bits per heavy atom. The molecule has 0 radical (unpaired) electrons. The third-order valence-electron chi connectivity index (χ3n) is 4.70. The van der Waals surface area contributed by atoms with Crippen LogP contribution >= 0.6 is 11.6 Å². The Labute approximate surface area is 167 Å². The highest BCUT2D eigenvalue weighted by atomic mass is 35.5. The molecule has 2 aromatic heterocycles. The van der Waals surface area contributed by atoms with E-state index in [1.54, 1.807) is 24.4 Å². The minimum Gasteiger partial charge on any atom is -0.355 e. The number of carbonyl (C=O) groups excluding carboxylic acids is 1. The van der Waals surface area contributed by atoms with Gasteiger partial charge in [-0.05, 0) is 43.4 Å². The number of carbonyl (C=O) groups is 1. The number of hydrogen-bond donors (Lipinski definition) is 1. The summed E-state index contributed by atoms with van der Waals surface area (Å²) >= 11 is 5.89. The normalized spacial score (nSPS) is 14.9. The summed E-state index contributed by atoms with van der Waals surface area (Å²) in [5.41, 5.74) is 1.61. The maximum atomic E-state index is 12.4. The molecule has 28 heavy (non-hydrogen) atoms. The number of hydrogen-bond acceptors (Lipinski definition) is 6. The largest absolute Gasteiger partial charge is 0.355 e. The standard InChI is InChI=1S/C20H20ClN5O2/c1-25-8-10-26(11-9-25)19-7-6-16(13-22-19)23-20(27)17-12-18(28-24-17)14-2-4-15(21)5-3-14/h2-7,12-13H,8-11H2,1H3,(H,23,27). The number of piperazine rings is 1. The first kappa shape index (κ1) is 18.5. The SMILES string of the molecule is CN1CCN(c2ccc(NC(=O)c3cc(-c4ccc(Cl)cc4)on3)cn2)CC1. The smallest absolute Gasteiger partial charge is 0.277 e. The van der Waals surface area contributed by atoms with Gasteiger partial charge in [-0.3, -0.25) is 4.79 Å². The van der Waals surface area contributed by atoms with Gasteiger partial charge in [-0.25, -0.2) is 4.98 Å². The molecule has 1 saturated heterocycles. The van der Waals surface area contributed by atoms with E-state index in [9.17, 15) is 4.79 Å². The van der Waals surface area contributed by atoms with Crippen molar-refractivity contribution in [2.75, 3.05) is 43.4 Å². The fourth-order valence-corrected chi connectivity index (χ4v) is 3.14. The molecule has 1 amide bonds. The Morgan fingerprint density at radius 3 is 2.54 bits per heavy atom. The molecule has 1 aromatic carbocycles. The van der Waals surface area contributed by atoms with Crippen molar-refractivity contribution in [1.82, 2.24) is 15.0 Å². The Balaban J connectivity index is 1.40. The summed E-state index contributed by atoms with van der Waals surface area (Å²) in [4.78, 5) is 21.4. The van der Waals surface area contributed by atoms with Gasteiger partial charge in [0.1, 0.15) is 5.82 Å². The maximum absolute atomic E-state index is 12.4. The number of pyridine rings is 1. The number of benzene rings is 1. The molecule has 1 fully saturated rings. The summed E-state index contributed by atoms with van der Waals surface area (Å²) in [5, 5.41) is 7.29. The number of aromatic nitrogens is 2. The molecule has 8 heteroatoms. The van der Waals surface area contributed by atoms with Gasteiger partial charge in [0, 0.05) is 42.8 Å². The second-order valence-corrected chi connectivity index (χ2v) is 7.17. The van der Waals surface area contributed by atoms with Gasteiger partial charge in [0.05, 0.1) is 11.9 Å². The zero-order chi connectivity index (χ0) is 19.5. The molecule has 3 heterocycles. The lowest BCUT2D eigenvalue weighted by Gasteiger charge is -2.33. The highest BCUT2D eigenvalue weighted by Gasteiger charge is 2.16. The Kier molecular flexibility index (Phi) is 5.27. The van der Waals surface area contributed by atoms with E-state index in [2.05, 4.69) is 32.3 Å². The lowest BCUT2D eigenvalue weighted by Crippen LogP contribution is -2.44. The average Bonchev–Trinajstić information content (AvgIpc) is 3.20. The van der Waals surface area contributed by atoms with Crippen molar-refractivity contribution in [2.45, 2.75) is 0 Å². The molecule has 4 rings (SSSR count). The highest BCUT2D eigenvalue weighted by Crippen LogP contribution is 2.23. The van der Waals surface area contributed by atoms with Crippen molar-refractivity contribution < 1.29 is 9.32 Å². The number of anilines is 2. The summed E-state index contributed by atoms with van der Waals surface area (Å²) in [6.07, 6.45) is 1.66. The molecule has 1 aliphatic rings.